The van der Waals surface area contributed by atoms with Crippen molar-refractivity contribution in [3.8, 4) is 0 Å². The molecular formula is C11H18N4S. The Labute approximate surface area is 101 Å². The molecule has 88 valence electrons. The van der Waals surface area contributed by atoms with Gasteiger partial charge in [-0.1, -0.05) is 0 Å². The Kier molecular flexibility index (Phi) is 4.42. The minimum Gasteiger partial charge on any atom is -0.370 e. The summed E-state index contributed by atoms with van der Waals surface area (Å²) in [5, 5.41) is 7.84. The van der Waals surface area contributed by atoms with Crippen LogP contribution in [0.15, 0.2) is 17.4 Å². The van der Waals surface area contributed by atoms with E-state index in [1.807, 2.05) is 12.3 Å². The first-order chi connectivity index (χ1) is 7.88. The maximum absolute atomic E-state index is 4.20. The van der Waals surface area contributed by atoms with E-state index in [-0.39, 0.29) is 0 Å². The molecule has 0 unspecified atom stereocenters. The number of anilines is 1. The zero-order valence-electron chi connectivity index (χ0n) is 9.57. The van der Waals surface area contributed by atoms with Crippen molar-refractivity contribution in [2.45, 2.75) is 30.3 Å². The van der Waals surface area contributed by atoms with E-state index in [0.29, 0.717) is 6.04 Å². The Bertz CT molecular complexity index is 326. The highest BCUT2D eigenvalue weighted by Gasteiger charge is 2.12. The van der Waals surface area contributed by atoms with Crippen molar-refractivity contribution in [1.82, 2.24) is 15.3 Å². The van der Waals surface area contributed by atoms with Crippen LogP contribution in [-0.2, 0) is 0 Å². The van der Waals surface area contributed by atoms with Gasteiger partial charge in [0.15, 0.2) is 0 Å². The first kappa shape index (κ1) is 11.7. The number of nitrogens with zero attached hydrogens (tertiary/aromatic N) is 2. The lowest BCUT2D eigenvalue weighted by Gasteiger charge is -2.11. The normalized spacial score (nSPS) is 19.9. The number of thioether (sulfide) groups is 1. The third-order valence-electron chi connectivity index (χ3n) is 2.81. The van der Waals surface area contributed by atoms with E-state index in [9.17, 15) is 0 Å². The molecule has 0 saturated carbocycles. The summed E-state index contributed by atoms with van der Waals surface area (Å²) in [6, 6.07) is 2.68. The maximum atomic E-state index is 4.20. The predicted molar refractivity (Wildman–Crippen MR) is 67.9 cm³/mol. The van der Waals surface area contributed by atoms with Crippen LogP contribution in [0.25, 0.3) is 0 Å². The summed E-state index contributed by atoms with van der Waals surface area (Å²) < 4.78 is 0. The van der Waals surface area contributed by atoms with Crippen LogP contribution >= 0.6 is 11.8 Å². The quantitative estimate of drug-likeness (QED) is 0.604. The first-order valence-electron chi connectivity index (χ1n) is 5.72. The maximum Gasteiger partial charge on any atom is 0.130 e. The number of hydrogen-bond donors (Lipinski definition) is 2. The standard InChI is InChI=1S/C11H18N4S/c1-16-11-7-10(14-8-15-11)13-6-4-9-3-2-5-12-9/h7-9,12H,2-6H2,1H3,(H,13,14,15)/t9-/m0/s1. The Hall–Kier alpha value is -0.810. The number of aromatic nitrogens is 2. The highest BCUT2D eigenvalue weighted by molar-refractivity contribution is 7.98. The summed E-state index contributed by atoms with van der Waals surface area (Å²) >= 11 is 1.64. The molecule has 1 atom stereocenters. The number of rotatable bonds is 5. The smallest absolute Gasteiger partial charge is 0.130 e. The van der Waals surface area contributed by atoms with Crippen LogP contribution in [0.4, 0.5) is 5.82 Å². The molecule has 0 spiro atoms. The second kappa shape index (κ2) is 6.06. The van der Waals surface area contributed by atoms with Crippen LogP contribution in [0.5, 0.6) is 0 Å². The van der Waals surface area contributed by atoms with Gasteiger partial charge in [0.05, 0.1) is 0 Å². The molecule has 1 aliphatic rings. The third kappa shape index (κ3) is 3.35. The Morgan fingerprint density at radius 3 is 3.25 bits per heavy atom. The van der Waals surface area contributed by atoms with Crippen LogP contribution in [0.2, 0.25) is 0 Å². The van der Waals surface area contributed by atoms with E-state index in [2.05, 4.69) is 20.6 Å². The highest BCUT2D eigenvalue weighted by Crippen LogP contribution is 2.14. The number of nitrogens with one attached hydrogen (secondary N) is 2. The molecule has 1 fully saturated rings. The molecule has 4 nitrogen and oxygen atoms in total. The van der Waals surface area contributed by atoms with Gasteiger partial charge in [0.2, 0.25) is 0 Å². The zero-order valence-corrected chi connectivity index (χ0v) is 10.4. The highest BCUT2D eigenvalue weighted by atomic mass is 32.2. The molecular weight excluding hydrogens is 220 g/mol. The van der Waals surface area contributed by atoms with E-state index in [0.717, 1.165) is 17.4 Å². The van der Waals surface area contributed by atoms with Crippen molar-refractivity contribution in [2.24, 2.45) is 0 Å². The van der Waals surface area contributed by atoms with Gasteiger partial charge in [-0.2, -0.15) is 0 Å². The second-order valence-electron chi connectivity index (χ2n) is 3.95. The molecule has 2 heterocycles. The lowest BCUT2D eigenvalue weighted by Crippen LogP contribution is -2.24. The van der Waals surface area contributed by atoms with Crippen molar-refractivity contribution in [1.29, 1.82) is 0 Å². The van der Waals surface area contributed by atoms with Gasteiger partial charge in [0.1, 0.15) is 17.2 Å². The molecule has 5 heteroatoms. The molecule has 0 bridgehead atoms. The summed E-state index contributed by atoms with van der Waals surface area (Å²) in [6.07, 6.45) is 7.42. The second-order valence-corrected chi connectivity index (χ2v) is 4.78. The van der Waals surface area contributed by atoms with Crippen molar-refractivity contribution in [3.05, 3.63) is 12.4 Å². The summed E-state index contributed by atoms with van der Waals surface area (Å²) in [6.45, 7) is 2.15. The third-order valence-corrected chi connectivity index (χ3v) is 3.45. The van der Waals surface area contributed by atoms with Crippen LogP contribution in [0, 0.1) is 0 Å². The summed E-state index contributed by atoms with van der Waals surface area (Å²) in [5.74, 6) is 0.928. The van der Waals surface area contributed by atoms with Gasteiger partial charge in [0.25, 0.3) is 0 Å². The molecule has 1 aromatic heterocycles. The van der Waals surface area contributed by atoms with Gasteiger partial charge in [-0.25, -0.2) is 9.97 Å². The van der Waals surface area contributed by atoms with E-state index in [4.69, 9.17) is 0 Å². The SMILES string of the molecule is CSc1cc(NCC[C@@H]2CCCN2)ncn1. The van der Waals surface area contributed by atoms with Gasteiger partial charge < -0.3 is 10.6 Å². The molecule has 1 aromatic rings. The van der Waals surface area contributed by atoms with E-state index in [1.165, 1.54) is 25.8 Å². The fraction of sp³-hybridized carbons (Fsp3) is 0.636. The molecule has 1 saturated heterocycles. The van der Waals surface area contributed by atoms with Crippen LogP contribution in [0.1, 0.15) is 19.3 Å². The topological polar surface area (TPSA) is 49.8 Å². The largest absolute Gasteiger partial charge is 0.370 e. The molecule has 0 amide bonds. The molecule has 1 aliphatic heterocycles. The fourth-order valence-corrected chi connectivity index (χ4v) is 2.31. The predicted octanol–water partition coefficient (Wildman–Crippen LogP) is 1.75. The van der Waals surface area contributed by atoms with Gasteiger partial charge in [-0.05, 0) is 32.1 Å². The molecule has 16 heavy (non-hydrogen) atoms. The lowest BCUT2D eigenvalue weighted by atomic mass is 10.1. The van der Waals surface area contributed by atoms with E-state index < -0.39 is 0 Å². The molecule has 0 radical (unpaired) electrons. The molecule has 0 aliphatic carbocycles. The van der Waals surface area contributed by atoms with Crippen molar-refractivity contribution in [2.75, 3.05) is 24.7 Å². The monoisotopic (exact) mass is 238 g/mol. The molecule has 2 N–H and O–H groups in total. The zero-order chi connectivity index (χ0) is 11.2. The summed E-state index contributed by atoms with van der Waals surface area (Å²) in [5.41, 5.74) is 0. The van der Waals surface area contributed by atoms with Crippen LogP contribution < -0.4 is 10.6 Å². The Morgan fingerprint density at radius 2 is 2.50 bits per heavy atom. The van der Waals surface area contributed by atoms with E-state index in [1.54, 1.807) is 18.1 Å². The van der Waals surface area contributed by atoms with Crippen molar-refractivity contribution in [3.63, 3.8) is 0 Å². The van der Waals surface area contributed by atoms with Crippen LogP contribution in [-0.4, -0.2) is 35.4 Å². The van der Waals surface area contributed by atoms with Gasteiger partial charge in [-0.3, -0.25) is 0 Å². The minimum absolute atomic E-state index is 0.689. The van der Waals surface area contributed by atoms with Gasteiger partial charge >= 0.3 is 0 Å². The average molecular weight is 238 g/mol. The van der Waals surface area contributed by atoms with Crippen molar-refractivity contribution < 1.29 is 0 Å². The number of hydrogen-bond acceptors (Lipinski definition) is 5. The van der Waals surface area contributed by atoms with Gasteiger partial charge in [0, 0.05) is 18.7 Å². The Balaban J connectivity index is 1.75. The molecule has 0 aromatic carbocycles. The molecule has 2 rings (SSSR count). The van der Waals surface area contributed by atoms with E-state index >= 15 is 0 Å². The minimum atomic E-state index is 0.689. The van der Waals surface area contributed by atoms with Crippen molar-refractivity contribution >= 4 is 17.6 Å². The Morgan fingerprint density at radius 1 is 1.56 bits per heavy atom. The summed E-state index contributed by atoms with van der Waals surface area (Å²) in [7, 11) is 0. The lowest BCUT2D eigenvalue weighted by molar-refractivity contribution is 0.574. The van der Waals surface area contributed by atoms with Gasteiger partial charge in [-0.15, -0.1) is 11.8 Å². The fourth-order valence-electron chi connectivity index (χ4n) is 1.93. The van der Waals surface area contributed by atoms with Crippen LogP contribution in [0.3, 0.4) is 0 Å². The summed E-state index contributed by atoms with van der Waals surface area (Å²) in [4.78, 5) is 8.34. The average Bonchev–Trinajstić information content (AvgIpc) is 2.82. The first-order valence-corrected chi connectivity index (χ1v) is 6.94.